The second-order valence-corrected chi connectivity index (χ2v) is 5.55. The molecular formula is C17H20FN3O4. The van der Waals surface area contributed by atoms with Crippen LogP contribution in [0, 0.1) is 19.7 Å². The lowest BCUT2D eigenvalue weighted by molar-refractivity contribution is -0.142. The maximum Gasteiger partial charge on any atom is 0.331 e. The highest BCUT2D eigenvalue weighted by molar-refractivity contribution is 5.85. The molecule has 2 rings (SSSR count). The fourth-order valence-electron chi connectivity index (χ4n) is 2.59. The number of nitrogens with one attached hydrogen (secondary N) is 1. The molecule has 7 nitrogen and oxygen atoms in total. The Balaban J connectivity index is 2.37. The quantitative estimate of drug-likeness (QED) is 0.796. The molecule has 2 aromatic rings. The number of amides is 1. The first-order valence-electron chi connectivity index (χ1n) is 7.68. The van der Waals surface area contributed by atoms with Gasteiger partial charge in [-0.2, -0.15) is 5.10 Å². The third-order valence-electron chi connectivity index (χ3n) is 3.79. The summed E-state index contributed by atoms with van der Waals surface area (Å²) in [5.74, 6) is -1.99. The van der Waals surface area contributed by atoms with Gasteiger partial charge in [0.15, 0.2) is 6.04 Å². The number of carboxylic acids is 1. The van der Waals surface area contributed by atoms with Crippen LogP contribution in [0.1, 0.15) is 29.4 Å². The van der Waals surface area contributed by atoms with Crippen molar-refractivity contribution in [2.45, 2.75) is 26.3 Å². The Morgan fingerprint density at radius 3 is 2.52 bits per heavy atom. The summed E-state index contributed by atoms with van der Waals surface area (Å²) in [4.78, 5) is 23.6. The van der Waals surface area contributed by atoms with Gasteiger partial charge in [0, 0.05) is 24.8 Å². The first kappa shape index (κ1) is 18.6. The minimum atomic E-state index is -1.22. The zero-order chi connectivity index (χ0) is 18.6. The van der Waals surface area contributed by atoms with E-state index in [1.165, 1.54) is 23.9 Å². The number of rotatable bonds is 7. The van der Waals surface area contributed by atoms with E-state index in [9.17, 15) is 19.1 Å². The van der Waals surface area contributed by atoms with E-state index in [0.29, 0.717) is 22.6 Å². The molecule has 8 heteroatoms. The maximum absolute atomic E-state index is 13.1. The predicted octanol–water partition coefficient (Wildman–Crippen LogP) is 1.91. The van der Waals surface area contributed by atoms with Gasteiger partial charge in [0.1, 0.15) is 5.82 Å². The van der Waals surface area contributed by atoms with Gasteiger partial charge in [0.25, 0.3) is 0 Å². The third kappa shape index (κ3) is 4.21. The standard InChI is InChI=1S/C17H20FN3O4/c1-10-15(16(17(23)24)19-14(22)8-9-25-3)11(2)21(20-10)13-6-4-12(18)5-7-13/h4-7,16H,8-9H2,1-3H3,(H,19,22)(H,23,24). The number of carbonyl (C=O) groups is 2. The summed E-state index contributed by atoms with van der Waals surface area (Å²) in [6.07, 6.45) is 0.0600. The predicted molar refractivity (Wildman–Crippen MR) is 88.0 cm³/mol. The lowest BCUT2D eigenvalue weighted by Gasteiger charge is -2.15. The van der Waals surface area contributed by atoms with E-state index in [0.717, 1.165) is 0 Å². The Morgan fingerprint density at radius 1 is 1.32 bits per heavy atom. The number of carboxylic acid groups (broad SMARTS) is 1. The number of benzene rings is 1. The van der Waals surface area contributed by atoms with Crippen LogP contribution in [-0.2, 0) is 14.3 Å². The molecule has 0 aliphatic heterocycles. The molecule has 1 aromatic carbocycles. The van der Waals surface area contributed by atoms with Crippen molar-refractivity contribution in [2.24, 2.45) is 0 Å². The monoisotopic (exact) mass is 349 g/mol. The van der Waals surface area contributed by atoms with Gasteiger partial charge in [-0.05, 0) is 38.1 Å². The van der Waals surface area contributed by atoms with Crippen LogP contribution >= 0.6 is 0 Å². The number of hydrogen-bond acceptors (Lipinski definition) is 4. The number of aliphatic carboxylic acids is 1. The van der Waals surface area contributed by atoms with Gasteiger partial charge < -0.3 is 15.2 Å². The van der Waals surface area contributed by atoms with Gasteiger partial charge in [-0.15, -0.1) is 0 Å². The van der Waals surface area contributed by atoms with Crippen LogP contribution in [0.3, 0.4) is 0 Å². The van der Waals surface area contributed by atoms with Gasteiger partial charge in [-0.1, -0.05) is 0 Å². The third-order valence-corrected chi connectivity index (χ3v) is 3.79. The van der Waals surface area contributed by atoms with E-state index in [4.69, 9.17) is 4.74 Å². The molecule has 0 fully saturated rings. The molecule has 25 heavy (non-hydrogen) atoms. The van der Waals surface area contributed by atoms with Gasteiger partial charge >= 0.3 is 5.97 Å². The van der Waals surface area contributed by atoms with Crippen LogP contribution < -0.4 is 5.32 Å². The summed E-state index contributed by atoms with van der Waals surface area (Å²) in [6, 6.07) is 4.47. The van der Waals surface area contributed by atoms with Crippen LogP contribution in [0.15, 0.2) is 24.3 Å². The fraction of sp³-hybridized carbons (Fsp3) is 0.353. The van der Waals surface area contributed by atoms with E-state index in [2.05, 4.69) is 10.4 Å². The molecule has 0 bridgehead atoms. The maximum atomic E-state index is 13.1. The second kappa shape index (κ2) is 7.89. The Kier molecular flexibility index (Phi) is 5.87. The molecule has 1 atom stereocenters. The van der Waals surface area contributed by atoms with Crippen molar-refractivity contribution < 1.29 is 23.8 Å². The number of aryl methyl sites for hydroxylation is 1. The molecule has 0 aliphatic carbocycles. The molecule has 0 spiro atoms. The van der Waals surface area contributed by atoms with Crippen molar-refractivity contribution in [1.82, 2.24) is 15.1 Å². The van der Waals surface area contributed by atoms with Crippen LogP contribution in [0.2, 0.25) is 0 Å². The van der Waals surface area contributed by atoms with Gasteiger partial charge in [0.05, 0.1) is 18.0 Å². The molecule has 134 valence electrons. The zero-order valence-electron chi connectivity index (χ0n) is 14.2. The number of hydrogen-bond donors (Lipinski definition) is 2. The smallest absolute Gasteiger partial charge is 0.331 e. The summed E-state index contributed by atoms with van der Waals surface area (Å²) < 4.78 is 19.5. The van der Waals surface area contributed by atoms with Crippen LogP contribution in [0.25, 0.3) is 5.69 Å². The second-order valence-electron chi connectivity index (χ2n) is 5.55. The van der Waals surface area contributed by atoms with Crippen LogP contribution in [-0.4, -0.2) is 40.5 Å². The number of carbonyl (C=O) groups excluding carboxylic acids is 1. The molecule has 1 heterocycles. The molecule has 0 saturated heterocycles. The Bertz CT molecular complexity index is 771. The number of methoxy groups -OCH3 is 1. The molecular weight excluding hydrogens is 329 g/mol. The van der Waals surface area contributed by atoms with Gasteiger partial charge in [-0.25, -0.2) is 13.9 Å². The molecule has 2 N–H and O–H groups in total. The highest BCUT2D eigenvalue weighted by Crippen LogP contribution is 2.25. The number of halogens is 1. The number of nitrogens with zero attached hydrogens (tertiary/aromatic N) is 2. The molecule has 0 radical (unpaired) electrons. The first-order valence-corrected chi connectivity index (χ1v) is 7.68. The lowest BCUT2D eigenvalue weighted by atomic mass is 10.0. The SMILES string of the molecule is COCCC(=O)NC(C(=O)O)c1c(C)nn(-c2ccc(F)cc2)c1C. The van der Waals surface area contributed by atoms with Crippen molar-refractivity contribution in [3.63, 3.8) is 0 Å². The van der Waals surface area contributed by atoms with Crippen LogP contribution in [0.5, 0.6) is 0 Å². The highest BCUT2D eigenvalue weighted by atomic mass is 19.1. The molecule has 1 aromatic heterocycles. The summed E-state index contributed by atoms with van der Waals surface area (Å²) in [5.41, 5.74) is 2.04. The van der Waals surface area contributed by atoms with E-state index in [1.807, 2.05) is 0 Å². The van der Waals surface area contributed by atoms with Crippen molar-refractivity contribution in [3.05, 3.63) is 47.0 Å². The van der Waals surface area contributed by atoms with E-state index in [1.54, 1.807) is 26.0 Å². The van der Waals surface area contributed by atoms with Crippen molar-refractivity contribution >= 4 is 11.9 Å². The Labute approximate surface area is 144 Å². The Hall–Kier alpha value is -2.74. The molecule has 0 saturated carbocycles. The molecule has 1 unspecified atom stereocenters. The average molecular weight is 349 g/mol. The highest BCUT2D eigenvalue weighted by Gasteiger charge is 2.28. The summed E-state index contributed by atoms with van der Waals surface area (Å²) in [6.45, 7) is 3.57. The topological polar surface area (TPSA) is 93.4 Å². The van der Waals surface area contributed by atoms with E-state index < -0.39 is 17.9 Å². The Morgan fingerprint density at radius 2 is 1.96 bits per heavy atom. The normalized spacial score (nSPS) is 12.0. The molecule has 1 amide bonds. The summed E-state index contributed by atoms with van der Waals surface area (Å²) >= 11 is 0. The number of ether oxygens (including phenoxy) is 1. The lowest BCUT2D eigenvalue weighted by Crippen LogP contribution is -2.34. The average Bonchev–Trinajstić information content (AvgIpc) is 2.86. The van der Waals surface area contributed by atoms with Gasteiger partial charge in [0.2, 0.25) is 5.91 Å². The fourth-order valence-corrected chi connectivity index (χ4v) is 2.59. The minimum Gasteiger partial charge on any atom is -0.479 e. The zero-order valence-corrected chi connectivity index (χ0v) is 14.2. The minimum absolute atomic E-state index is 0.0600. The summed E-state index contributed by atoms with van der Waals surface area (Å²) in [5, 5.41) is 16.4. The summed E-state index contributed by atoms with van der Waals surface area (Å²) in [7, 11) is 1.46. The van der Waals surface area contributed by atoms with Crippen molar-refractivity contribution in [3.8, 4) is 5.69 Å². The van der Waals surface area contributed by atoms with Crippen molar-refractivity contribution in [2.75, 3.05) is 13.7 Å². The van der Waals surface area contributed by atoms with Gasteiger partial charge in [-0.3, -0.25) is 4.79 Å². The number of aromatic nitrogens is 2. The van der Waals surface area contributed by atoms with E-state index in [-0.39, 0.29) is 18.8 Å². The van der Waals surface area contributed by atoms with E-state index >= 15 is 0 Å². The van der Waals surface area contributed by atoms with Crippen molar-refractivity contribution in [1.29, 1.82) is 0 Å². The molecule has 0 aliphatic rings. The van der Waals surface area contributed by atoms with Crippen LogP contribution in [0.4, 0.5) is 4.39 Å². The first-order chi connectivity index (χ1) is 11.8. The largest absolute Gasteiger partial charge is 0.479 e.